The number of amides is 1. The molecule has 0 spiro atoms. The Labute approximate surface area is 134 Å². The number of rotatable bonds is 3. The van der Waals surface area contributed by atoms with E-state index in [2.05, 4.69) is 15.6 Å². The molecule has 2 rings (SSSR count). The molecule has 1 aromatic heterocycles. The van der Waals surface area contributed by atoms with Gasteiger partial charge < -0.3 is 5.32 Å². The summed E-state index contributed by atoms with van der Waals surface area (Å²) in [5.41, 5.74) is 0.492. The van der Waals surface area contributed by atoms with Crippen LogP contribution in [0, 0.1) is 0 Å². The molecule has 1 aliphatic heterocycles. The van der Waals surface area contributed by atoms with Gasteiger partial charge in [0.2, 0.25) is 5.91 Å². The number of nitrogens with one attached hydrogen (secondary N) is 2. The summed E-state index contributed by atoms with van der Waals surface area (Å²) in [5.74, 6) is 1.37. The van der Waals surface area contributed by atoms with Crippen LogP contribution < -0.4 is 10.6 Å². The van der Waals surface area contributed by atoms with Gasteiger partial charge in [0.05, 0.1) is 17.9 Å². The van der Waals surface area contributed by atoms with Gasteiger partial charge in [0.25, 0.3) is 0 Å². The van der Waals surface area contributed by atoms with Crippen LogP contribution in [0.3, 0.4) is 0 Å². The molecule has 2 heterocycles. The predicted molar refractivity (Wildman–Crippen MR) is 84.7 cm³/mol. The highest BCUT2D eigenvalue weighted by molar-refractivity contribution is 7.99. The Kier molecular flexibility index (Phi) is 7.82. The number of carbonyl (C=O) groups excluding carboxylic acids is 1. The third-order valence-corrected chi connectivity index (χ3v) is 4.36. The Morgan fingerprint density at radius 1 is 1.45 bits per heavy atom. The molecule has 0 aromatic carbocycles. The molecule has 0 aliphatic carbocycles. The van der Waals surface area contributed by atoms with E-state index in [0.717, 1.165) is 17.9 Å². The van der Waals surface area contributed by atoms with E-state index in [1.165, 1.54) is 18.3 Å². The van der Waals surface area contributed by atoms with Gasteiger partial charge in [0, 0.05) is 17.9 Å². The Bertz CT molecular complexity index is 545. The van der Waals surface area contributed by atoms with Crippen LogP contribution in [-0.4, -0.2) is 43.2 Å². The molecule has 6 nitrogen and oxygen atoms in total. The van der Waals surface area contributed by atoms with Crippen LogP contribution >= 0.6 is 36.6 Å². The molecular formula is C10H15Cl2N3O3S2. The lowest BCUT2D eigenvalue weighted by Crippen LogP contribution is -2.37. The van der Waals surface area contributed by atoms with E-state index in [0.29, 0.717) is 5.69 Å². The normalized spacial score (nSPS) is 17.8. The van der Waals surface area contributed by atoms with Crippen LogP contribution in [0.1, 0.15) is 0 Å². The average Bonchev–Trinajstić information content (AvgIpc) is 2.82. The lowest BCUT2D eigenvalue weighted by Gasteiger charge is -2.10. The number of nitrogens with zero attached hydrogens (tertiary/aromatic N) is 1. The standard InChI is InChI=1S/C10H13N3O3S2.2ClH/c1-18(15,16)9-3-2-7(4-11-9)13-10(14)8-5-17-6-12-8;;/h2-4,8,12H,5-6H2,1H3,(H,13,14);2*1H. The number of aromatic nitrogens is 1. The minimum atomic E-state index is -3.30. The van der Waals surface area contributed by atoms with Gasteiger partial charge in [-0.25, -0.2) is 13.4 Å². The Balaban J connectivity index is 0.00000180. The second-order valence-electron chi connectivity index (χ2n) is 3.92. The maximum atomic E-state index is 11.8. The molecule has 1 saturated heterocycles. The van der Waals surface area contributed by atoms with Crippen LogP contribution in [0.25, 0.3) is 0 Å². The van der Waals surface area contributed by atoms with E-state index in [4.69, 9.17) is 0 Å². The van der Waals surface area contributed by atoms with Gasteiger partial charge in [-0.15, -0.1) is 36.6 Å². The van der Waals surface area contributed by atoms with Crippen molar-refractivity contribution in [2.24, 2.45) is 0 Å². The second-order valence-corrected chi connectivity index (χ2v) is 6.91. The highest BCUT2D eigenvalue weighted by Gasteiger charge is 2.22. The van der Waals surface area contributed by atoms with Crippen LogP contribution in [0.5, 0.6) is 0 Å². The summed E-state index contributed by atoms with van der Waals surface area (Å²) in [5, 5.41) is 5.73. The molecule has 1 fully saturated rings. The molecule has 2 N–H and O–H groups in total. The smallest absolute Gasteiger partial charge is 0.242 e. The first-order chi connectivity index (χ1) is 8.47. The van der Waals surface area contributed by atoms with Crippen LogP contribution in [0.4, 0.5) is 5.69 Å². The lowest BCUT2D eigenvalue weighted by molar-refractivity contribution is -0.117. The molecule has 1 aliphatic rings. The van der Waals surface area contributed by atoms with Crippen LogP contribution in [0.15, 0.2) is 23.4 Å². The summed E-state index contributed by atoms with van der Waals surface area (Å²) in [7, 11) is -3.30. The van der Waals surface area contributed by atoms with Crippen LogP contribution in [0.2, 0.25) is 0 Å². The van der Waals surface area contributed by atoms with Crippen molar-refractivity contribution in [1.29, 1.82) is 0 Å². The number of carbonyl (C=O) groups is 1. The zero-order valence-electron chi connectivity index (χ0n) is 10.5. The van der Waals surface area contributed by atoms with Gasteiger partial charge >= 0.3 is 0 Å². The van der Waals surface area contributed by atoms with Crippen LogP contribution in [-0.2, 0) is 14.6 Å². The summed E-state index contributed by atoms with van der Waals surface area (Å²) in [6, 6.07) is 2.70. The summed E-state index contributed by atoms with van der Waals surface area (Å²) >= 11 is 1.66. The van der Waals surface area contributed by atoms with E-state index < -0.39 is 9.84 Å². The molecule has 0 bridgehead atoms. The van der Waals surface area contributed by atoms with E-state index in [-0.39, 0.29) is 41.8 Å². The molecular weight excluding hydrogens is 345 g/mol. The van der Waals surface area contributed by atoms with Crippen molar-refractivity contribution in [2.45, 2.75) is 11.1 Å². The first-order valence-corrected chi connectivity index (χ1v) is 8.29. The number of halogens is 2. The van der Waals surface area contributed by atoms with Crippen molar-refractivity contribution < 1.29 is 13.2 Å². The maximum Gasteiger partial charge on any atom is 0.242 e. The first kappa shape index (κ1) is 19.5. The third kappa shape index (κ3) is 5.10. The SMILES string of the molecule is CS(=O)(=O)c1ccc(NC(=O)C2CSCN2)cn1.Cl.Cl. The van der Waals surface area contributed by atoms with Crippen molar-refractivity contribution in [3.63, 3.8) is 0 Å². The number of hydrogen-bond acceptors (Lipinski definition) is 6. The average molecular weight is 360 g/mol. The highest BCUT2D eigenvalue weighted by atomic mass is 35.5. The second kappa shape index (κ2) is 8.04. The maximum absolute atomic E-state index is 11.8. The fourth-order valence-electron chi connectivity index (χ4n) is 1.47. The Hall–Kier alpha value is -0.540. The number of hydrogen-bond donors (Lipinski definition) is 2. The summed E-state index contributed by atoms with van der Waals surface area (Å²) < 4.78 is 22.4. The third-order valence-electron chi connectivity index (χ3n) is 2.42. The first-order valence-electron chi connectivity index (χ1n) is 5.25. The van der Waals surface area contributed by atoms with Crippen molar-refractivity contribution in [2.75, 3.05) is 23.2 Å². The zero-order chi connectivity index (χ0) is 13.2. The summed E-state index contributed by atoms with van der Waals surface area (Å²) in [6.45, 7) is 0. The van der Waals surface area contributed by atoms with Crippen molar-refractivity contribution in [3.05, 3.63) is 18.3 Å². The van der Waals surface area contributed by atoms with Gasteiger partial charge in [-0.05, 0) is 12.1 Å². The largest absolute Gasteiger partial charge is 0.323 e. The molecule has 1 unspecified atom stereocenters. The fraction of sp³-hybridized carbons (Fsp3) is 0.400. The van der Waals surface area contributed by atoms with Crippen molar-refractivity contribution in [3.8, 4) is 0 Å². The van der Waals surface area contributed by atoms with Crippen molar-refractivity contribution in [1.82, 2.24) is 10.3 Å². The minimum absolute atomic E-state index is 0. The molecule has 20 heavy (non-hydrogen) atoms. The van der Waals surface area contributed by atoms with Gasteiger partial charge in [0.1, 0.15) is 0 Å². The zero-order valence-corrected chi connectivity index (χ0v) is 13.8. The monoisotopic (exact) mass is 359 g/mol. The van der Waals surface area contributed by atoms with E-state index in [9.17, 15) is 13.2 Å². The fourth-order valence-corrected chi connectivity index (χ4v) is 2.97. The quantitative estimate of drug-likeness (QED) is 0.834. The molecule has 114 valence electrons. The molecule has 1 amide bonds. The van der Waals surface area contributed by atoms with E-state index >= 15 is 0 Å². The molecule has 10 heteroatoms. The highest BCUT2D eigenvalue weighted by Crippen LogP contribution is 2.13. The molecule has 1 atom stereocenters. The van der Waals surface area contributed by atoms with Crippen molar-refractivity contribution >= 4 is 58.0 Å². The number of anilines is 1. The summed E-state index contributed by atoms with van der Waals surface area (Å²) in [6.07, 6.45) is 2.43. The van der Waals surface area contributed by atoms with Gasteiger partial charge in [-0.1, -0.05) is 0 Å². The Morgan fingerprint density at radius 3 is 2.60 bits per heavy atom. The van der Waals surface area contributed by atoms with Gasteiger partial charge in [0.15, 0.2) is 14.9 Å². The lowest BCUT2D eigenvalue weighted by atomic mass is 10.3. The number of pyridine rings is 1. The number of sulfone groups is 1. The molecule has 1 aromatic rings. The molecule has 0 saturated carbocycles. The number of thioether (sulfide) groups is 1. The molecule has 0 radical (unpaired) electrons. The predicted octanol–water partition coefficient (Wildman–Crippen LogP) is 0.930. The van der Waals surface area contributed by atoms with Gasteiger partial charge in [-0.2, -0.15) is 0 Å². The topological polar surface area (TPSA) is 88.2 Å². The summed E-state index contributed by atoms with van der Waals surface area (Å²) in [4.78, 5) is 15.6. The Morgan fingerprint density at radius 2 is 2.15 bits per heavy atom. The minimum Gasteiger partial charge on any atom is -0.323 e. The van der Waals surface area contributed by atoms with Gasteiger partial charge in [-0.3, -0.25) is 10.1 Å². The van der Waals surface area contributed by atoms with E-state index in [1.807, 2.05) is 0 Å². The van der Waals surface area contributed by atoms with E-state index in [1.54, 1.807) is 11.8 Å².